The van der Waals surface area contributed by atoms with E-state index in [9.17, 15) is 31.9 Å². The summed E-state index contributed by atoms with van der Waals surface area (Å²) in [6, 6.07) is 10.3. The number of hydrogen-bond donors (Lipinski definition) is 1. The Balaban J connectivity index is 1.59. The Labute approximate surface area is 244 Å². The molecule has 2 aromatic carbocycles. The second-order valence-electron chi connectivity index (χ2n) is 10.4. The van der Waals surface area contributed by atoms with Crippen molar-refractivity contribution in [2.45, 2.75) is 62.6 Å². The Morgan fingerprint density at radius 2 is 1.76 bits per heavy atom. The van der Waals surface area contributed by atoms with Crippen LogP contribution in [0, 0.1) is 11.6 Å². The third-order valence-electron chi connectivity index (χ3n) is 7.56. The van der Waals surface area contributed by atoms with E-state index in [-0.39, 0.29) is 47.8 Å². The number of amides is 3. The maximum Gasteiger partial charge on any atom is 0.251 e. The number of nitrogens with one attached hydrogen (secondary N) is 1. The fraction of sp³-hybridized carbons (Fsp3) is 0.333. The molecule has 0 bridgehead atoms. The quantitative estimate of drug-likeness (QED) is 0.338. The van der Waals surface area contributed by atoms with E-state index in [1.54, 1.807) is 12.1 Å². The highest BCUT2D eigenvalue weighted by Crippen LogP contribution is 2.38. The Hall–Kier alpha value is -3.99. The molecule has 42 heavy (non-hydrogen) atoms. The minimum atomic E-state index is -2.83. The molecule has 1 N–H and O–H groups in total. The third kappa shape index (κ3) is 6.11. The van der Waals surface area contributed by atoms with Gasteiger partial charge in [-0.2, -0.15) is 0 Å². The van der Waals surface area contributed by atoms with Crippen molar-refractivity contribution < 1.29 is 31.9 Å². The molecule has 7 nitrogen and oxygen atoms in total. The number of hydrogen-bond acceptors (Lipinski definition) is 4. The van der Waals surface area contributed by atoms with Crippen LogP contribution in [-0.2, 0) is 14.4 Å². The van der Waals surface area contributed by atoms with Gasteiger partial charge in [0.25, 0.3) is 5.91 Å². The first-order valence-electron chi connectivity index (χ1n) is 13.5. The Morgan fingerprint density at radius 3 is 2.45 bits per heavy atom. The zero-order chi connectivity index (χ0) is 30.0. The second-order valence-corrected chi connectivity index (χ2v) is 10.8. The number of alkyl halides is 2. The Kier molecular flexibility index (Phi) is 8.49. The number of carbonyl (C=O) groups is 3. The van der Waals surface area contributed by atoms with Gasteiger partial charge in [-0.25, -0.2) is 22.5 Å². The normalized spacial score (nSPS) is 19.4. The molecular formula is C30H27ClF4N4O3. The van der Waals surface area contributed by atoms with Crippen LogP contribution in [0.2, 0.25) is 5.02 Å². The molecule has 1 aromatic heterocycles. The number of benzene rings is 2. The van der Waals surface area contributed by atoms with Gasteiger partial charge in [0, 0.05) is 47.8 Å². The lowest BCUT2D eigenvalue weighted by Gasteiger charge is -2.37. The maximum absolute atomic E-state index is 14.8. The van der Waals surface area contributed by atoms with E-state index < -0.39 is 66.2 Å². The van der Waals surface area contributed by atoms with Crippen LogP contribution < -0.4 is 15.1 Å². The van der Waals surface area contributed by atoms with Crippen LogP contribution in [0.3, 0.4) is 0 Å². The fourth-order valence-corrected chi connectivity index (χ4v) is 5.73. The first kappa shape index (κ1) is 29.5. The molecule has 2 atom stereocenters. The van der Waals surface area contributed by atoms with Crippen LogP contribution in [-0.4, -0.2) is 40.7 Å². The standard InChI is InChI=1S/C30H27ClF4N4O3/c31-22-8-2-1-7-21(22)26(28(41)37-19-12-14-30(34,35)15-13-19)38(20-6-3-5-18(32)17-20)29(42)24-10-11-25(40)39(24)27-23(33)9-4-16-36-27/h1-9,16-17,19,24,26H,10-15H2,(H,37,41)/t24-,26-/m0/s1. The molecule has 1 aliphatic carbocycles. The minimum Gasteiger partial charge on any atom is -0.351 e. The van der Waals surface area contributed by atoms with Crippen molar-refractivity contribution in [1.29, 1.82) is 0 Å². The highest BCUT2D eigenvalue weighted by atomic mass is 35.5. The van der Waals surface area contributed by atoms with E-state index in [1.165, 1.54) is 36.5 Å². The topological polar surface area (TPSA) is 82.6 Å². The number of halogens is 5. The van der Waals surface area contributed by atoms with Gasteiger partial charge in [0.1, 0.15) is 17.9 Å². The largest absolute Gasteiger partial charge is 0.351 e. The zero-order valence-electron chi connectivity index (χ0n) is 22.3. The average molecular weight is 603 g/mol. The van der Waals surface area contributed by atoms with Crippen molar-refractivity contribution in [2.75, 3.05) is 9.80 Å². The van der Waals surface area contributed by atoms with Crippen molar-refractivity contribution >= 4 is 40.8 Å². The molecule has 0 unspecified atom stereocenters. The van der Waals surface area contributed by atoms with Crippen molar-refractivity contribution in [3.63, 3.8) is 0 Å². The lowest BCUT2D eigenvalue weighted by Crippen LogP contribution is -2.53. The summed E-state index contributed by atoms with van der Waals surface area (Å²) in [7, 11) is 0. The van der Waals surface area contributed by atoms with E-state index in [0.29, 0.717) is 0 Å². The second kappa shape index (κ2) is 12.1. The van der Waals surface area contributed by atoms with E-state index in [4.69, 9.17) is 11.6 Å². The van der Waals surface area contributed by atoms with Crippen molar-refractivity contribution in [3.8, 4) is 0 Å². The van der Waals surface area contributed by atoms with Crippen LogP contribution in [0.5, 0.6) is 0 Å². The summed E-state index contributed by atoms with van der Waals surface area (Å²) in [5.41, 5.74) is 0.173. The van der Waals surface area contributed by atoms with Gasteiger partial charge >= 0.3 is 0 Å². The lowest BCUT2D eigenvalue weighted by molar-refractivity contribution is -0.128. The molecule has 1 saturated heterocycles. The molecule has 1 saturated carbocycles. The van der Waals surface area contributed by atoms with E-state index in [0.717, 1.165) is 28.0 Å². The van der Waals surface area contributed by atoms with Crippen molar-refractivity contribution in [3.05, 3.63) is 89.1 Å². The first-order chi connectivity index (χ1) is 20.1. The van der Waals surface area contributed by atoms with Crippen LogP contribution in [0.1, 0.15) is 50.1 Å². The van der Waals surface area contributed by atoms with E-state index in [1.807, 2.05) is 0 Å². The molecule has 0 radical (unpaired) electrons. The van der Waals surface area contributed by atoms with Gasteiger partial charge in [-0.05, 0) is 55.7 Å². The predicted molar refractivity (Wildman–Crippen MR) is 148 cm³/mol. The summed E-state index contributed by atoms with van der Waals surface area (Å²) in [5.74, 6) is -6.77. The molecule has 0 spiro atoms. The van der Waals surface area contributed by atoms with Gasteiger partial charge in [0.2, 0.25) is 17.7 Å². The molecule has 5 rings (SSSR count). The van der Waals surface area contributed by atoms with Gasteiger partial charge in [-0.15, -0.1) is 0 Å². The molecule has 3 aromatic rings. The van der Waals surface area contributed by atoms with Gasteiger partial charge in [0.15, 0.2) is 11.6 Å². The summed E-state index contributed by atoms with van der Waals surface area (Å²) >= 11 is 6.52. The molecule has 220 valence electrons. The molecule has 3 amide bonds. The summed E-state index contributed by atoms with van der Waals surface area (Å²) in [6.07, 6.45) is 0.393. The highest BCUT2D eigenvalue weighted by Gasteiger charge is 2.45. The van der Waals surface area contributed by atoms with E-state index >= 15 is 0 Å². The number of nitrogens with zero attached hydrogens (tertiary/aromatic N) is 3. The third-order valence-corrected chi connectivity index (χ3v) is 7.90. The molecular weight excluding hydrogens is 576 g/mol. The predicted octanol–water partition coefficient (Wildman–Crippen LogP) is 5.98. The Morgan fingerprint density at radius 1 is 1.02 bits per heavy atom. The summed E-state index contributed by atoms with van der Waals surface area (Å²) in [4.78, 5) is 47.3. The zero-order valence-corrected chi connectivity index (χ0v) is 23.0. The first-order valence-corrected chi connectivity index (χ1v) is 13.9. The maximum atomic E-state index is 14.8. The number of anilines is 2. The van der Waals surface area contributed by atoms with Gasteiger partial charge in [-0.3, -0.25) is 24.2 Å². The fourth-order valence-electron chi connectivity index (χ4n) is 5.49. The number of pyridine rings is 1. The summed E-state index contributed by atoms with van der Waals surface area (Å²) in [5, 5.41) is 2.90. The molecule has 1 aliphatic heterocycles. The van der Waals surface area contributed by atoms with Crippen molar-refractivity contribution in [1.82, 2.24) is 10.3 Å². The molecule has 2 fully saturated rings. The minimum absolute atomic E-state index is 0.0176. The number of aromatic nitrogens is 1. The van der Waals surface area contributed by atoms with Crippen molar-refractivity contribution in [2.24, 2.45) is 0 Å². The molecule has 2 heterocycles. The Bertz CT molecular complexity index is 1500. The van der Waals surface area contributed by atoms with Crippen LogP contribution in [0.4, 0.5) is 29.1 Å². The van der Waals surface area contributed by atoms with Gasteiger partial charge in [-0.1, -0.05) is 35.9 Å². The number of rotatable bonds is 7. The van der Waals surface area contributed by atoms with Crippen LogP contribution >= 0.6 is 11.6 Å². The van der Waals surface area contributed by atoms with E-state index in [2.05, 4.69) is 10.3 Å². The number of carbonyl (C=O) groups excluding carboxylic acids is 3. The highest BCUT2D eigenvalue weighted by molar-refractivity contribution is 6.31. The van der Waals surface area contributed by atoms with Gasteiger partial charge < -0.3 is 5.32 Å². The molecule has 2 aliphatic rings. The summed E-state index contributed by atoms with van der Waals surface area (Å²) < 4.78 is 57.0. The summed E-state index contributed by atoms with van der Waals surface area (Å²) in [6.45, 7) is 0. The SMILES string of the molecule is O=C(NC1CCC(F)(F)CC1)[C@H](c1ccccc1Cl)N(C(=O)[C@@H]1CCC(=O)N1c1ncccc1F)c1cccc(F)c1. The average Bonchev–Trinajstić information content (AvgIpc) is 3.34. The molecule has 12 heteroatoms. The monoisotopic (exact) mass is 602 g/mol. The smallest absolute Gasteiger partial charge is 0.251 e. The van der Waals surface area contributed by atoms with Crippen LogP contribution in [0.25, 0.3) is 0 Å². The van der Waals surface area contributed by atoms with Gasteiger partial charge in [0.05, 0.1) is 0 Å². The van der Waals surface area contributed by atoms with Crippen LogP contribution in [0.15, 0.2) is 66.9 Å². The lowest BCUT2D eigenvalue weighted by atomic mass is 9.91.